The summed E-state index contributed by atoms with van der Waals surface area (Å²) in [4.78, 5) is 25.9. The largest absolute Gasteiger partial charge is 0.457 e. The Hall–Kier alpha value is -2.86. The second-order valence-electron chi connectivity index (χ2n) is 7.86. The van der Waals surface area contributed by atoms with Gasteiger partial charge < -0.3 is 20.3 Å². The molecular weight excluding hydrogens is 378 g/mol. The van der Waals surface area contributed by atoms with Crippen LogP contribution in [0.1, 0.15) is 35.6 Å². The number of aryl methyl sites for hydroxylation is 3. The van der Waals surface area contributed by atoms with Crippen LogP contribution in [0.4, 0.5) is 0 Å². The van der Waals surface area contributed by atoms with Gasteiger partial charge in [0.1, 0.15) is 11.5 Å². The maximum atomic E-state index is 12.6. The van der Waals surface area contributed by atoms with Crippen LogP contribution in [0.15, 0.2) is 36.4 Å². The van der Waals surface area contributed by atoms with Crippen molar-refractivity contribution in [1.82, 2.24) is 15.5 Å². The minimum absolute atomic E-state index is 0.0786. The molecule has 1 aliphatic rings. The van der Waals surface area contributed by atoms with Crippen molar-refractivity contribution in [2.45, 2.75) is 40.2 Å². The maximum absolute atomic E-state index is 12.6. The Bertz CT molecular complexity index is 905. The van der Waals surface area contributed by atoms with Gasteiger partial charge in [-0.05, 0) is 43.5 Å². The number of rotatable bonds is 7. The van der Waals surface area contributed by atoms with E-state index in [4.69, 9.17) is 4.74 Å². The molecule has 0 unspecified atom stereocenters. The molecule has 0 spiro atoms. The van der Waals surface area contributed by atoms with E-state index < -0.39 is 0 Å². The summed E-state index contributed by atoms with van der Waals surface area (Å²) in [5.74, 6) is 1.58. The number of ether oxygens (including phenoxy) is 1. The predicted molar refractivity (Wildman–Crippen MR) is 118 cm³/mol. The zero-order valence-electron chi connectivity index (χ0n) is 18.1. The van der Waals surface area contributed by atoms with Crippen LogP contribution in [0.3, 0.4) is 0 Å². The van der Waals surface area contributed by atoms with Gasteiger partial charge in [0, 0.05) is 51.6 Å². The second-order valence-corrected chi connectivity index (χ2v) is 7.86. The fourth-order valence-electron chi connectivity index (χ4n) is 3.56. The standard InChI is InChI=1S/C24H31N3O3/c1-17-5-8-22(21(14-17)16-26-19(3)28)30-23-15-18(2)4-6-20(23)7-9-24(29)27-12-10-25-11-13-27/h4-6,8,14-15,25H,7,9-13,16H2,1-3H3,(H,26,28). The van der Waals surface area contributed by atoms with Gasteiger partial charge in [-0.3, -0.25) is 9.59 Å². The lowest BCUT2D eigenvalue weighted by Gasteiger charge is -2.27. The molecule has 2 aromatic rings. The Morgan fingerprint density at radius 2 is 1.70 bits per heavy atom. The number of carbonyl (C=O) groups is 2. The van der Waals surface area contributed by atoms with Gasteiger partial charge in [0.25, 0.3) is 0 Å². The van der Waals surface area contributed by atoms with Crippen LogP contribution >= 0.6 is 0 Å². The van der Waals surface area contributed by atoms with E-state index in [2.05, 4.69) is 10.6 Å². The van der Waals surface area contributed by atoms with E-state index in [0.717, 1.165) is 59.9 Å². The molecule has 0 atom stereocenters. The number of nitrogens with zero attached hydrogens (tertiary/aromatic N) is 1. The molecule has 0 radical (unpaired) electrons. The van der Waals surface area contributed by atoms with Gasteiger partial charge in [-0.1, -0.05) is 29.8 Å². The maximum Gasteiger partial charge on any atom is 0.222 e. The fraction of sp³-hybridized carbons (Fsp3) is 0.417. The van der Waals surface area contributed by atoms with Crippen LogP contribution in [0, 0.1) is 13.8 Å². The second kappa shape index (κ2) is 10.3. The van der Waals surface area contributed by atoms with Crippen molar-refractivity contribution in [3.05, 3.63) is 58.7 Å². The highest BCUT2D eigenvalue weighted by molar-refractivity contribution is 5.76. The van der Waals surface area contributed by atoms with E-state index in [1.54, 1.807) is 0 Å². The molecule has 0 aliphatic carbocycles. The van der Waals surface area contributed by atoms with E-state index in [-0.39, 0.29) is 11.8 Å². The van der Waals surface area contributed by atoms with Crippen LogP contribution in [-0.4, -0.2) is 42.9 Å². The first-order chi connectivity index (χ1) is 14.4. The Kier molecular flexibility index (Phi) is 7.46. The first kappa shape index (κ1) is 21.8. The highest BCUT2D eigenvalue weighted by Gasteiger charge is 2.17. The third-order valence-electron chi connectivity index (χ3n) is 5.26. The lowest BCUT2D eigenvalue weighted by atomic mass is 10.0. The van der Waals surface area contributed by atoms with Crippen LogP contribution < -0.4 is 15.4 Å². The summed E-state index contributed by atoms with van der Waals surface area (Å²) in [6.45, 7) is 9.21. The average Bonchev–Trinajstić information content (AvgIpc) is 2.73. The van der Waals surface area contributed by atoms with Gasteiger partial charge in [0.2, 0.25) is 11.8 Å². The highest BCUT2D eigenvalue weighted by atomic mass is 16.5. The zero-order valence-corrected chi connectivity index (χ0v) is 18.1. The Balaban J connectivity index is 1.75. The number of hydrogen-bond donors (Lipinski definition) is 2. The molecule has 6 heteroatoms. The van der Waals surface area contributed by atoms with Gasteiger partial charge in [0.15, 0.2) is 0 Å². The summed E-state index contributed by atoms with van der Waals surface area (Å²) in [5.41, 5.74) is 4.14. The molecular formula is C24H31N3O3. The quantitative estimate of drug-likeness (QED) is 0.737. The number of benzene rings is 2. The SMILES string of the molecule is CC(=O)NCc1cc(C)ccc1Oc1cc(C)ccc1CCC(=O)N1CCNCC1. The molecule has 0 aromatic heterocycles. The van der Waals surface area contributed by atoms with Crippen molar-refractivity contribution in [2.75, 3.05) is 26.2 Å². The molecule has 1 heterocycles. The molecule has 0 saturated carbocycles. The molecule has 0 bridgehead atoms. The zero-order chi connectivity index (χ0) is 21.5. The number of piperazine rings is 1. The molecule has 3 rings (SSSR count). The first-order valence-corrected chi connectivity index (χ1v) is 10.5. The van der Waals surface area contributed by atoms with Crippen molar-refractivity contribution in [1.29, 1.82) is 0 Å². The van der Waals surface area contributed by atoms with Crippen molar-refractivity contribution in [2.24, 2.45) is 0 Å². The highest BCUT2D eigenvalue weighted by Crippen LogP contribution is 2.30. The van der Waals surface area contributed by atoms with Crippen LogP contribution in [0.2, 0.25) is 0 Å². The van der Waals surface area contributed by atoms with E-state index in [9.17, 15) is 9.59 Å². The number of hydrogen-bond acceptors (Lipinski definition) is 4. The van der Waals surface area contributed by atoms with Crippen molar-refractivity contribution < 1.29 is 14.3 Å². The van der Waals surface area contributed by atoms with Crippen molar-refractivity contribution in [3.63, 3.8) is 0 Å². The third-order valence-corrected chi connectivity index (χ3v) is 5.26. The molecule has 6 nitrogen and oxygen atoms in total. The molecule has 160 valence electrons. The summed E-state index contributed by atoms with van der Waals surface area (Å²) in [5, 5.41) is 6.12. The summed E-state index contributed by atoms with van der Waals surface area (Å²) >= 11 is 0. The van der Waals surface area contributed by atoms with Crippen molar-refractivity contribution >= 4 is 11.8 Å². The monoisotopic (exact) mass is 409 g/mol. The molecule has 2 aromatic carbocycles. The van der Waals surface area contributed by atoms with Gasteiger partial charge in [0.05, 0.1) is 0 Å². The minimum atomic E-state index is -0.0786. The molecule has 30 heavy (non-hydrogen) atoms. The minimum Gasteiger partial charge on any atom is -0.457 e. The summed E-state index contributed by atoms with van der Waals surface area (Å²) in [6, 6.07) is 12.0. The van der Waals surface area contributed by atoms with Crippen LogP contribution in [0.5, 0.6) is 11.5 Å². The van der Waals surface area contributed by atoms with Gasteiger partial charge in [-0.15, -0.1) is 0 Å². The molecule has 1 aliphatic heterocycles. The van der Waals surface area contributed by atoms with E-state index >= 15 is 0 Å². The molecule has 1 fully saturated rings. The van der Waals surface area contributed by atoms with Crippen LogP contribution in [-0.2, 0) is 22.6 Å². The van der Waals surface area contributed by atoms with E-state index in [1.807, 2.05) is 55.1 Å². The fourth-order valence-corrected chi connectivity index (χ4v) is 3.56. The summed E-state index contributed by atoms with van der Waals surface area (Å²) < 4.78 is 6.30. The molecule has 2 N–H and O–H groups in total. The van der Waals surface area contributed by atoms with Gasteiger partial charge >= 0.3 is 0 Å². The number of carbonyl (C=O) groups excluding carboxylic acids is 2. The topological polar surface area (TPSA) is 70.7 Å². The van der Waals surface area contributed by atoms with E-state index in [1.165, 1.54) is 6.92 Å². The number of nitrogens with one attached hydrogen (secondary N) is 2. The first-order valence-electron chi connectivity index (χ1n) is 10.5. The third kappa shape index (κ3) is 6.07. The van der Waals surface area contributed by atoms with E-state index in [0.29, 0.717) is 19.4 Å². The summed E-state index contributed by atoms with van der Waals surface area (Å²) in [6.07, 6.45) is 1.09. The summed E-state index contributed by atoms with van der Waals surface area (Å²) in [7, 11) is 0. The Morgan fingerprint density at radius 3 is 2.43 bits per heavy atom. The Morgan fingerprint density at radius 1 is 1.00 bits per heavy atom. The molecule has 2 amide bonds. The normalized spacial score (nSPS) is 13.8. The number of amides is 2. The molecule has 1 saturated heterocycles. The Labute approximate surface area is 178 Å². The van der Waals surface area contributed by atoms with Crippen LogP contribution in [0.25, 0.3) is 0 Å². The predicted octanol–water partition coefficient (Wildman–Crippen LogP) is 3.10. The lowest BCUT2D eigenvalue weighted by Crippen LogP contribution is -2.46. The van der Waals surface area contributed by atoms with Gasteiger partial charge in [-0.25, -0.2) is 0 Å². The average molecular weight is 410 g/mol. The smallest absolute Gasteiger partial charge is 0.222 e. The van der Waals surface area contributed by atoms with Gasteiger partial charge in [-0.2, -0.15) is 0 Å². The lowest BCUT2D eigenvalue weighted by molar-refractivity contribution is -0.131. The van der Waals surface area contributed by atoms with Crippen molar-refractivity contribution in [3.8, 4) is 11.5 Å².